The Hall–Kier alpha value is -4.21. The Bertz CT molecular complexity index is 1400. The predicted molar refractivity (Wildman–Crippen MR) is 129 cm³/mol. The van der Waals surface area contributed by atoms with Crippen LogP contribution in [0, 0.1) is 11.6 Å². The molecule has 0 bridgehead atoms. The molecule has 1 aromatic heterocycles. The molecule has 40 heavy (non-hydrogen) atoms. The van der Waals surface area contributed by atoms with E-state index in [9.17, 15) is 36.3 Å². The number of esters is 1. The van der Waals surface area contributed by atoms with Crippen molar-refractivity contribution in [2.24, 2.45) is 5.73 Å². The first-order valence-electron chi connectivity index (χ1n) is 11.2. The Morgan fingerprint density at radius 3 is 2.38 bits per heavy atom. The number of carbonyl (C=O) groups is 3. The monoisotopic (exact) mass is 635 g/mol. The van der Waals surface area contributed by atoms with Gasteiger partial charge in [0, 0.05) is 5.56 Å². The number of amides is 2. The van der Waals surface area contributed by atoms with Gasteiger partial charge in [0.05, 0.1) is 12.2 Å². The quantitative estimate of drug-likeness (QED) is 0.236. The Kier molecular flexibility index (Phi) is 9.68. The lowest BCUT2D eigenvalue weighted by molar-refractivity contribution is -0.142. The van der Waals surface area contributed by atoms with E-state index in [2.05, 4.69) is 31.0 Å². The number of primary amides is 1. The SMILES string of the molecule is CCOC(=O)CNC(=O)OCC(Oc1ccc(F)c(C(N)=O)c1F)c1nc(-c2ccc(C(F)(F)F)cc2)c(Br)o1. The van der Waals surface area contributed by atoms with Gasteiger partial charge in [-0.25, -0.2) is 18.6 Å². The van der Waals surface area contributed by atoms with Crippen molar-refractivity contribution >= 4 is 33.9 Å². The number of nitrogens with one attached hydrogen (secondary N) is 1. The van der Waals surface area contributed by atoms with E-state index in [1.807, 2.05) is 0 Å². The Morgan fingerprint density at radius 1 is 1.10 bits per heavy atom. The lowest BCUT2D eigenvalue weighted by Gasteiger charge is -2.17. The van der Waals surface area contributed by atoms with Crippen LogP contribution in [0.15, 0.2) is 45.5 Å². The van der Waals surface area contributed by atoms with Crippen LogP contribution in [0.25, 0.3) is 11.3 Å². The molecule has 0 radical (unpaired) electrons. The number of halogens is 6. The molecule has 0 aliphatic heterocycles. The summed E-state index contributed by atoms with van der Waals surface area (Å²) in [4.78, 5) is 39.1. The van der Waals surface area contributed by atoms with E-state index in [1.54, 1.807) is 6.92 Å². The van der Waals surface area contributed by atoms with Gasteiger partial charge in [0.15, 0.2) is 16.2 Å². The van der Waals surface area contributed by atoms with E-state index in [0.717, 1.165) is 30.3 Å². The number of hydrogen-bond donors (Lipinski definition) is 2. The minimum atomic E-state index is -4.57. The van der Waals surface area contributed by atoms with E-state index >= 15 is 0 Å². The molecule has 214 valence electrons. The molecule has 0 saturated heterocycles. The maximum atomic E-state index is 14.8. The number of ether oxygens (including phenoxy) is 3. The number of nitrogens with zero attached hydrogens (tertiary/aromatic N) is 1. The average molecular weight is 636 g/mol. The molecule has 2 aromatic carbocycles. The van der Waals surface area contributed by atoms with Crippen molar-refractivity contribution in [3.05, 3.63) is 69.7 Å². The van der Waals surface area contributed by atoms with Gasteiger partial charge in [-0.05, 0) is 47.1 Å². The summed E-state index contributed by atoms with van der Waals surface area (Å²) in [6.07, 6.45) is -7.24. The summed E-state index contributed by atoms with van der Waals surface area (Å²) in [6.45, 7) is 0.373. The second kappa shape index (κ2) is 12.8. The highest BCUT2D eigenvalue weighted by Gasteiger charge is 2.31. The smallest absolute Gasteiger partial charge is 0.416 e. The number of hydrogen-bond acceptors (Lipinski definition) is 8. The highest BCUT2D eigenvalue weighted by atomic mass is 79.9. The van der Waals surface area contributed by atoms with Gasteiger partial charge in [-0.3, -0.25) is 9.59 Å². The Balaban J connectivity index is 1.91. The zero-order chi connectivity index (χ0) is 29.6. The molecule has 1 heterocycles. The van der Waals surface area contributed by atoms with E-state index in [4.69, 9.17) is 19.6 Å². The molecular weight excluding hydrogens is 617 g/mol. The van der Waals surface area contributed by atoms with Gasteiger partial charge in [-0.15, -0.1) is 0 Å². The topological polar surface area (TPSA) is 143 Å². The Morgan fingerprint density at radius 2 is 1.77 bits per heavy atom. The van der Waals surface area contributed by atoms with Crippen molar-refractivity contribution in [2.75, 3.05) is 19.8 Å². The zero-order valence-corrected chi connectivity index (χ0v) is 21.9. The Labute approximate surface area is 230 Å². The lowest BCUT2D eigenvalue weighted by Crippen LogP contribution is -2.32. The highest BCUT2D eigenvalue weighted by Crippen LogP contribution is 2.36. The van der Waals surface area contributed by atoms with Crippen molar-refractivity contribution in [3.63, 3.8) is 0 Å². The first-order valence-corrected chi connectivity index (χ1v) is 12.0. The van der Waals surface area contributed by atoms with Crippen LogP contribution in [-0.2, 0) is 20.4 Å². The van der Waals surface area contributed by atoms with Crippen LogP contribution in [0.4, 0.5) is 26.7 Å². The number of benzene rings is 2. The first-order chi connectivity index (χ1) is 18.8. The molecule has 1 atom stereocenters. The minimum absolute atomic E-state index is 0.0153. The van der Waals surface area contributed by atoms with Gasteiger partial charge in [-0.1, -0.05) is 12.1 Å². The third kappa shape index (κ3) is 7.46. The molecule has 3 rings (SSSR count). The second-order valence-electron chi connectivity index (χ2n) is 7.71. The second-order valence-corrected chi connectivity index (χ2v) is 8.43. The molecule has 0 aliphatic rings. The van der Waals surface area contributed by atoms with E-state index in [0.29, 0.717) is 6.07 Å². The highest BCUT2D eigenvalue weighted by molar-refractivity contribution is 9.10. The fraction of sp³-hybridized carbons (Fsp3) is 0.250. The van der Waals surface area contributed by atoms with E-state index in [1.165, 1.54) is 0 Å². The van der Waals surface area contributed by atoms with Gasteiger partial charge in [0.1, 0.15) is 30.2 Å². The number of alkyl carbamates (subject to hydrolysis) is 1. The summed E-state index contributed by atoms with van der Waals surface area (Å²) in [5, 5.41) is 2.11. The molecule has 1 unspecified atom stereocenters. The lowest BCUT2D eigenvalue weighted by atomic mass is 10.1. The van der Waals surface area contributed by atoms with Crippen molar-refractivity contribution in [2.45, 2.75) is 19.2 Å². The predicted octanol–water partition coefficient (Wildman–Crippen LogP) is 4.91. The molecule has 0 aliphatic carbocycles. The molecule has 16 heteroatoms. The molecule has 3 aromatic rings. The van der Waals surface area contributed by atoms with Crippen LogP contribution < -0.4 is 15.8 Å². The normalized spacial score (nSPS) is 12.0. The maximum Gasteiger partial charge on any atom is 0.416 e. The number of nitrogens with two attached hydrogens (primary N) is 1. The third-order valence-corrected chi connectivity index (χ3v) is 5.52. The molecular formula is C24H19BrF5N3O7. The molecule has 2 amide bonds. The largest absolute Gasteiger partial charge is 0.474 e. The van der Waals surface area contributed by atoms with E-state index in [-0.39, 0.29) is 28.4 Å². The molecule has 10 nitrogen and oxygen atoms in total. The molecule has 0 spiro atoms. The van der Waals surface area contributed by atoms with Crippen LogP contribution in [-0.4, -0.2) is 42.7 Å². The molecule has 0 saturated carbocycles. The molecule has 0 fully saturated rings. The summed E-state index contributed by atoms with van der Waals surface area (Å²) in [7, 11) is 0. The van der Waals surface area contributed by atoms with E-state index < -0.39 is 71.9 Å². The molecule has 3 N–H and O–H groups in total. The fourth-order valence-electron chi connectivity index (χ4n) is 3.17. The van der Waals surface area contributed by atoms with Gasteiger partial charge >= 0.3 is 18.2 Å². The maximum absolute atomic E-state index is 14.8. The summed E-state index contributed by atoms with van der Waals surface area (Å²) in [5.74, 6) is -5.94. The van der Waals surface area contributed by atoms with Gasteiger partial charge < -0.3 is 29.7 Å². The van der Waals surface area contributed by atoms with Crippen LogP contribution in [0.5, 0.6) is 5.75 Å². The number of alkyl halides is 3. The summed E-state index contributed by atoms with van der Waals surface area (Å²) in [5.41, 5.74) is 3.23. The van der Waals surface area contributed by atoms with Crippen LogP contribution in [0.3, 0.4) is 0 Å². The summed E-state index contributed by atoms with van der Waals surface area (Å²) >= 11 is 3.09. The van der Waals surface area contributed by atoms with Crippen LogP contribution in [0.2, 0.25) is 0 Å². The van der Waals surface area contributed by atoms with Crippen molar-refractivity contribution in [1.82, 2.24) is 10.3 Å². The van der Waals surface area contributed by atoms with Crippen molar-refractivity contribution in [3.8, 4) is 17.0 Å². The fourth-order valence-corrected chi connectivity index (χ4v) is 3.65. The van der Waals surface area contributed by atoms with Crippen molar-refractivity contribution < 1.29 is 55.0 Å². The van der Waals surface area contributed by atoms with Gasteiger partial charge in [0.2, 0.25) is 12.0 Å². The third-order valence-electron chi connectivity index (χ3n) is 4.98. The number of oxazole rings is 1. The van der Waals surface area contributed by atoms with Crippen molar-refractivity contribution in [1.29, 1.82) is 0 Å². The number of aromatic nitrogens is 1. The average Bonchev–Trinajstić information content (AvgIpc) is 3.27. The van der Waals surface area contributed by atoms with Gasteiger partial charge in [-0.2, -0.15) is 13.2 Å². The first kappa shape index (κ1) is 30.3. The summed E-state index contributed by atoms with van der Waals surface area (Å²) < 4.78 is 88.1. The van der Waals surface area contributed by atoms with Gasteiger partial charge in [0.25, 0.3) is 5.91 Å². The zero-order valence-electron chi connectivity index (χ0n) is 20.3. The van der Waals surface area contributed by atoms with Crippen LogP contribution >= 0.6 is 15.9 Å². The summed E-state index contributed by atoms with van der Waals surface area (Å²) in [6, 6.07) is 5.44. The standard InChI is InChI=1S/C24H19BrF5N3O7/c1-2-37-16(34)9-32-23(36)38-10-15(39-14-8-7-13(26)17(18(14)27)21(31)35)22-33-19(20(25)40-22)11-3-5-12(6-4-11)24(28,29)30/h3-8,15H,2,9-10H2,1H3,(H2,31,35)(H,32,36). The number of carbonyl (C=O) groups excluding carboxylic acids is 3. The minimum Gasteiger partial charge on any atom is -0.474 e. The number of rotatable bonds is 10. The van der Waals surface area contributed by atoms with Crippen LogP contribution in [0.1, 0.15) is 34.8 Å².